The Bertz CT molecular complexity index is 556. The number of ether oxygens (including phenoxy) is 1. The van der Waals surface area contributed by atoms with E-state index in [9.17, 15) is 4.79 Å². The van der Waals surface area contributed by atoms with Crippen molar-refractivity contribution in [2.24, 2.45) is 0 Å². The molecule has 5 heteroatoms. The van der Waals surface area contributed by atoms with E-state index >= 15 is 0 Å². The Hall–Kier alpha value is -1.85. The van der Waals surface area contributed by atoms with E-state index in [0.717, 1.165) is 23.8 Å². The van der Waals surface area contributed by atoms with Gasteiger partial charge < -0.3 is 13.6 Å². The predicted molar refractivity (Wildman–Crippen MR) is 94.8 cm³/mol. The Kier molecular flexibility index (Phi) is 7.78. The maximum atomic E-state index is 11.4. The second kappa shape index (κ2) is 9.32. The summed E-state index contributed by atoms with van der Waals surface area (Å²) in [7, 11) is -0.703. The number of para-hydroxylation sites is 1. The lowest BCUT2D eigenvalue weighted by atomic mass is 10.1. The van der Waals surface area contributed by atoms with Gasteiger partial charge in [0.2, 0.25) is 0 Å². The topological polar surface area (TPSA) is 44.8 Å². The molecule has 0 aliphatic rings. The van der Waals surface area contributed by atoms with Gasteiger partial charge >= 0.3 is 14.5 Å². The lowest BCUT2D eigenvalue weighted by Crippen LogP contribution is -2.41. The van der Waals surface area contributed by atoms with E-state index in [2.05, 4.69) is 13.2 Å². The summed E-state index contributed by atoms with van der Waals surface area (Å²) in [6, 6.07) is 8.63. The molecule has 0 radical (unpaired) electrons. The van der Waals surface area contributed by atoms with Crippen LogP contribution in [0.15, 0.2) is 49.1 Å². The number of hydrogen-bond acceptors (Lipinski definition) is 4. The summed E-state index contributed by atoms with van der Waals surface area (Å²) < 4.78 is 17.0. The van der Waals surface area contributed by atoms with Crippen molar-refractivity contribution >= 4 is 14.5 Å². The van der Waals surface area contributed by atoms with Gasteiger partial charge in [-0.3, -0.25) is 0 Å². The molecule has 1 aromatic carbocycles. The molecule has 0 amide bonds. The number of carbonyl (C=O) groups is 1. The quantitative estimate of drug-likeness (QED) is 0.213. The predicted octanol–water partition coefficient (Wildman–Crippen LogP) is 4.02. The SMILES string of the molecule is C=CCc1ccccc1O[Si](C)(CCCOC(=O)C(=C)C)OC. The number of carbonyl (C=O) groups excluding carboxylic acids is 1. The second-order valence-electron chi connectivity index (χ2n) is 5.56. The molecule has 1 aromatic rings. The smallest absolute Gasteiger partial charge is 0.395 e. The summed E-state index contributed by atoms with van der Waals surface area (Å²) in [6.45, 7) is 11.3. The molecule has 0 fully saturated rings. The molecule has 0 N–H and O–H groups in total. The largest absolute Gasteiger partial charge is 0.520 e. The highest BCUT2D eigenvalue weighted by molar-refractivity contribution is 6.66. The van der Waals surface area contributed by atoms with Gasteiger partial charge in [0, 0.05) is 18.7 Å². The van der Waals surface area contributed by atoms with Crippen molar-refractivity contribution < 1.29 is 18.4 Å². The minimum atomic E-state index is -2.37. The highest BCUT2D eigenvalue weighted by atomic mass is 28.4. The van der Waals surface area contributed by atoms with E-state index in [1.165, 1.54) is 0 Å². The minimum absolute atomic E-state index is 0.343. The van der Waals surface area contributed by atoms with Crippen molar-refractivity contribution in [3.63, 3.8) is 0 Å². The fourth-order valence-electron chi connectivity index (χ4n) is 2.04. The van der Waals surface area contributed by atoms with Crippen LogP contribution in [-0.2, 0) is 20.4 Å². The average Bonchev–Trinajstić information content (AvgIpc) is 2.53. The van der Waals surface area contributed by atoms with Crippen molar-refractivity contribution in [1.82, 2.24) is 0 Å². The second-order valence-corrected chi connectivity index (χ2v) is 8.94. The van der Waals surface area contributed by atoms with Gasteiger partial charge in [-0.05, 0) is 37.9 Å². The van der Waals surface area contributed by atoms with Crippen molar-refractivity contribution in [1.29, 1.82) is 0 Å². The maximum absolute atomic E-state index is 11.4. The summed E-state index contributed by atoms with van der Waals surface area (Å²) in [5, 5.41) is 0. The van der Waals surface area contributed by atoms with Gasteiger partial charge in [-0.25, -0.2) is 4.79 Å². The summed E-state index contributed by atoms with van der Waals surface area (Å²) in [6.07, 6.45) is 3.30. The lowest BCUT2D eigenvalue weighted by Gasteiger charge is -2.27. The van der Waals surface area contributed by atoms with Crippen LogP contribution >= 0.6 is 0 Å². The molecule has 0 saturated heterocycles. The number of esters is 1. The van der Waals surface area contributed by atoms with Gasteiger partial charge in [0.1, 0.15) is 5.75 Å². The van der Waals surface area contributed by atoms with Crippen molar-refractivity contribution in [3.05, 3.63) is 54.6 Å². The molecule has 0 spiro atoms. The fraction of sp³-hybridized carbons (Fsp3) is 0.389. The molecule has 0 saturated carbocycles. The van der Waals surface area contributed by atoms with Crippen molar-refractivity contribution in [3.8, 4) is 5.75 Å². The Labute approximate surface area is 140 Å². The van der Waals surface area contributed by atoms with Crippen LogP contribution in [-0.4, -0.2) is 28.2 Å². The zero-order valence-corrected chi connectivity index (χ0v) is 15.3. The van der Waals surface area contributed by atoms with Gasteiger partial charge in [0.25, 0.3) is 0 Å². The lowest BCUT2D eigenvalue weighted by molar-refractivity contribution is -0.138. The van der Waals surface area contributed by atoms with Crippen molar-refractivity contribution in [2.45, 2.75) is 32.4 Å². The fourth-order valence-corrected chi connectivity index (χ4v) is 3.88. The number of hydrogen-bond donors (Lipinski definition) is 0. The first-order valence-electron chi connectivity index (χ1n) is 7.67. The van der Waals surface area contributed by atoms with E-state index in [4.69, 9.17) is 13.6 Å². The van der Waals surface area contributed by atoms with Crippen molar-refractivity contribution in [2.75, 3.05) is 13.7 Å². The van der Waals surface area contributed by atoms with Crippen LogP contribution in [0.2, 0.25) is 12.6 Å². The molecule has 0 aliphatic carbocycles. The first-order chi connectivity index (χ1) is 10.9. The van der Waals surface area contributed by atoms with Crippen LogP contribution in [0.4, 0.5) is 0 Å². The third kappa shape index (κ3) is 6.42. The van der Waals surface area contributed by atoms with E-state index in [1.54, 1.807) is 14.0 Å². The molecular formula is C18H26O4Si. The van der Waals surface area contributed by atoms with E-state index in [-0.39, 0.29) is 5.97 Å². The Morgan fingerprint density at radius 2 is 2.04 bits per heavy atom. The van der Waals surface area contributed by atoms with E-state index < -0.39 is 8.56 Å². The Balaban J connectivity index is 2.62. The molecule has 126 valence electrons. The Morgan fingerprint density at radius 1 is 1.35 bits per heavy atom. The monoisotopic (exact) mass is 334 g/mol. The molecule has 4 nitrogen and oxygen atoms in total. The van der Waals surface area contributed by atoms with Crippen LogP contribution in [0, 0.1) is 0 Å². The number of allylic oxidation sites excluding steroid dienone is 1. The van der Waals surface area contributed by atoms with Crippen LogP contribution in [0.5, 0.6) is 5.75 Å². The molecule has 0 heterocycles. The molecule has 0 bridgehead atoms. The van der Waals surface area contributed by atoms with Crippen LogP contribution in [0.25, 0.3) is 0 Å². The molecule has 0 aliphatic heterocycles. The maximum Gasteiger partial charge on any atom is 0.395 e. The molecule has 1 rings (SSSR count). The number of benzene rings is 1. The van der Waals surface area contributed by atoms with E-state index in [1.807, 2.05) is 36.9 Å². The highest BCUT2D eigenvalue weighted by Gasteiger charge is 2.32. The normalized spacial score (nSPS) is 13.0. The molecule has 0 aromatic heterocycles. The summed E-state index contributed by atoms with van der Waals surface area (Å²) >= 11 is 0. The molecular weight excluding hydrogens is 308 g/mol. The molecule has 1 atom stereocenters. The highest BCUT2D eigenvalue weighted by Crippen LogP contribution is 2.25. The minimum Gasteiger partial charge on any atom is -0.520 e. The molecule has 23 heavy (non-hydrogen) atoms. The van der Waals surface area contributed by atoms with Crippen LogP contribution in [0.3, 0.4) is 0 Å². The third-order valence-corrected chi connectivity index (χ3v) is 6.23. The summed E-state index contributed by atoms with van der Waals surface area (Å²) in [5.41, 5.74) is 1.50. The first kappa shape index (κ1) is 19.2. The van der Waals surface area contributed by atoms with Crippen LogP contribution in [0.1, 0.15) is 18.9 Å². The zero-order valence-electron chi connectivity index (χ0n) is 14.3. The van der Waals surface area contributed by atoms with Gasteiger partial charge in [0.15, 0.2) is 0 Å². The zero-order chi connectivity index (χ0) is 17.3. The van der Waals surface area contributed by atoms with Crippen LogP contribution < -0.4 is 4.43 Å². The summed E-state index contributed by atoms with van der Waals surface area (Å²) in [5.74, 6) is 0.477. The Morgan fingerprint density at radius 3 is 2.65 bits per heavy atom. The third-order valence-electron chi connectivity index (χ3n) is 3.45. The van der Waals surface area contributed by atoms with Gasteiger partial charge in [0.05, 0.1) is 6.61 Å². The van der Waals surface area contributed by atoms with Gasteiger partial charge in [-0.15, -0.1) is 6.58 Å². The average molecular weight is 334 g/mol. The summed E-state index contributed by atoms with van der Waals surface area (Å²) in [4.78, 5) is 11.4. The van der Waals surface area contributed by atoms with Gasteiger partial charge in [-0.1, -0.05) is 30.9 Å². The van der Waals surface area contributed by atoms with E-state index in [0.29, 0.717) is 18.6 Å². The first-order valence-corrected chi connectivity index (χ1v) is 10.2. The van der Waals surface area contributed by atoms with Gasteiger partial charge in [-0.2, -0.15) is 0 Å². The number of rotatable bonds is 10. The molecule has 1 unspecified atom stereocenters. The standard InChI is InChI=1S/C18H26O4Si/c1-6-10-16-11-7-8-12-17(16)22-23(5,20-4)14-9-13-21-18(19)15(2)3/h6-8,11-12H,1-2,9-10,13-14H2,3-5H3.